The molecule has 0 spiro atoms. The highest BCUT2D eigenvalue weighted by atomic mass is 32.1. The molecule has 0 unspecified atom stereocenters. The van der Waals surface area contributed by atoms with Crippen LogP contribution in [-0.2, 0) is 0 Å². The van der Waals surface area contributed by atoms with E-state index in [0.717, 1.165) is 30.0 Å². The van der Waals surface area contributed by atoms with E-state index < -0.39 is 0 Å². The van der Waals surface area contributed by atoms with E-state index in [9.17, 15) is 0 Å². The summed E-state index contributed by atoms with van der Waals surface area (Å²) in [5, 5.41) is 3.38. The Morgan fingerprint density at radius 3 is 2.56 bits per heavy atom. The summed E-state index contributed by atoms with van der Waals surface area (Å²) >= 11 is 5.05. The molecule has 0 fully saturated rings. The Labute approximate surface area is 115 Å². The number of ether oxygens (including phenoxy) is 1. The van der Waals surface area contributed by atoms with Gasteiger partial charge in [-0.25, -0.2) is 0 Å². The summed E-state index contributed by atoms with van der Waals surface area (Å²) in [4.78, 5) is 0.399. The molecular weight excluding hydrogens is 244 g/mol. The van der Waals surface area contributed by atoms with Gasteiger partial charge in [-0.3, -0.25) is 0 Å². The lowest BCUT2D eigenvalue weighted by Gasteiger charge is -2.19. The molecule has 4 heteroatoms. The molecule has 0 saturated heterocycles. The van der Waals surface area contributed by atoms with Crippen LogP contribution in [0.3, 0.4) is 0 Å². The van der Waals surface area contributed by atoms with Gasteiger partial charge in [0.25, 0.3) is 0 Å². The van der Waals surface area contributed by atoms with Crippen molar-refractivity contribution in [2.24, 2.45) is 11.1 Å². The number of thiocarbonyl (C=S) groups is 1. The third-order valence-electron chi connectivity index (χ3n) is 2.68. The maximum absolute atomic E-state index is 5.71. The Hall–Kier alpha value is -1.29. The number of nitrogens with two attached hydrogens (primary N) is 1. The lowest BCUT2D eigenvalue weighted by molar-refractivity contribution is 0.389. The minimum absolute atomic E-state index is 0.301. The molecule has 100 valence electrons. The summed E-state index contributed by atoms with van der Waals surface area (Å²) in [5.74, 6) is 0.799. The molecular formula is C14H22N2OS. The van der Waals surface area contributed by atoms with Crippen molar-refractivity contribution in [1.29, 1.82) is 0 Å². The predicted molar refractivity (Wildman–Crippen MR) is 81.4 cm³/mol. The van der Waals surface area contributed by atoms with Crippen LogP contribution >= 0.6 is 12.2 Å². The van der Waals surface area contributed by atoms with Gasteiger partial charge in [-0.15, -0.1) is 0 Å². The molecule has 0 bridgehead atoms. The normalized spacial score (nSPS) is 11.1. The first-order chi connectivity index (χ1) is 8.33. The average molecular weight is 266 g/mol. The number of benzene rings is 1. The Kier molecular flexibility index (Phi) is 4.96. The quantitative estimate of drug-likeness (QED) is 0.804. The van der Waals surface area contributed by atoms with Crippen molar-refractivity contribution in [3.8, 4) is 5.75 Å². The predicted octanol–water partition coefficient (Wildman–Crippen LogP) is 3.18. The van der Waals surface area contributed by atoms with Crippen molar-refractivity contribution in [3.05, 3.63) is 23.8 Å². The smallest absolute Gasteiger partial charge is 0.120 e. The van der Waals surface area contributed by atoms with Crippen LogP contribution < -0.4 is 15.8 Å². The number of hydrogen-bond donors (Lipinski definition) is 2. The molecule has 0 aromatic heterocycles. The third-order valence-corrected chi connectivity index (χ3v) is 2.90. The van der Waals surface area contributed by atoms with Crippen LogP contribution in [-0.4, -0.2) is 18.6 Å². The molecule has 0 heterocycles. The second-order valence-corrected chi connectivity index (χ2v) is 5.95. The van der Waals surface area contributed by atoms with Crippen LogP contribution in [0.5, 0.6) is 5.75 Å². The van der Waals surface area contributed by atoms with Gasteiger partial charge in [-0.1, -0.05) is 33.0 Å². The topological polar surface area (TPSA) is 47.3 Å². The molecule has 1 aromatic carbocycles. The van der Waals surface area contributed by atoms with Gasteiger partial charge in [0.15, 0.2) is 0 Å². The van der Waals surface area contributed by atoms with Crippen LogP contribution in [0.25, 0.3) is 0 Å². The number of nitrogens with one attached hydrogen (secondary N) is 1. The van der Waals surface area contributed by atoms with Gasteiger partial charge in [0.1, 0.15) is 10.7 Å². The van der Waals surface area contributed by atoms with E-state index in [4.69, 9.17) is 22.7 Å². The molecule has 3 N–H and O–H groups in total. The molecule has 18 heavy (non-hydrogen) atoms. The van der Waals surface area contributed by atoms with E-state index in [-0.39, 0.29) is 0 Å². The highest BCUT2D eigenvalue weighted by Crippen LogP contribution is 2.24. The lowest BCUT2D eigenvalue weighted by atomic mass is 9.92. The van der Waals surface area contributed by atoms with Gasteiger partial charge in [0, 0.05) is 23.9 Å². The summed E-state index contributed by atoms with van der Waals surface area (Å²) in [6.45, 7) is 7.53. The van der Waals surface area contributed by atoms with E-state index in [0.29, 0.717) is 10.4 Å². The molecule has 0 saturated carbocycles. The van der Waals surface area contributed by atoms with Crippen molar-refractivity contribution < 1.29 is 4.74 Å². The molecule has 0 amide bonds. The average Bonchev–Trinajstić information content (AvgIpc) is 2.26. The zero-order chi connectivity index (χ0) is 13.8. The summed E-state index contributed by atoms with van der Waals surface area (Å²) in [7, 11) is 1.65. The van der Waals surface area contributed by atoms with Crippen molar-refractivity contribution in [2.45, 2.75) is 27.2 Å². The Balaban J connectivity index is 2.81. The number of methoxy groups -OCH3 is 1. The fraction of sp³-hybridized carbons (Fsp3) is 0.500. The molecule has 0 aliphatic rings. The van der Waals surface area contributed by atoms with E-state index in [1.807, 2.05) is 18.2 Å². The monoisotopic (exact) mass is 266 g/mol. The van der Waals surface area contributed by atoms with E-state index in [1.54, 1.807) is 7.11 Å². The van der Waals surface area contributed by atoms with Crippen LogP contribution in [0.15, 0.2) is 18.2 Å². The summed E-state index contributed by atoms with van der Waals surface area (Å²) < 4.78 is 5.21. The minimum Gasteiger partial charge on any atom is -0.497 e. The Morgan fingerprint density at radius 2 is 2.06 bits per heavy atom. The second kappa shape index (κ2) is 6.05. The molecule has 1 rings (SSSR count). The van der Waals surface area contributed by atoms with Crippen LogP contribution in [0, 0.1) is 5.41 Å². The second-order valence-electron chi connectivity index (χ2n) is 5.51. The molecule has 0 radical (unpaired) electrons. The summed E-state index contributed by atoms with van der Waals surface area (Å²) in [5.41, 5.74) is 7.81. The maximum Gasteiger partial charge on any atom is 0.120 e. The van der Waals surface area contributed by atoms with Crippen LogP contribution in [0.2, 0.25) is 0 Å². The first-order valence-electron chi connectivity index (χ1n) is 6.05. The maximum atomic E-state index is 5.71. The number of rotatable bonds is 5. The molecule has 0 aliphatic carbocycles. The Bertz CT molecular complexity index is 424. The van der Waals surface area contributed by atoms with Gasteiger partial charge in [-0.2, -0.15) is 0 Å². The third kappa shape index (κ3) is 4.53. The van der Waals surface area contributed by atoms with Gasteiger partial charge in [-0.05, 0) is 24.0 Å². The van der Waals surface area contributed by atoms with E-state index >= 15 is 0 Å². The zero-order valence-electron chi connectivity index (χ0n) is 11.5. The lowest BCUT2D eigenvalue weighted by Crippen LogP contribution is -2.16. The minimum atomic E-state index is 0.301. The molecule has 0 aliphatic heterocycles. The highest BCUT2D eigenvalue weighted by molar-refractivity contribution is 7.80. The van der Waals surface area contributed by atoms with E-state index in [1.165, 1.54) is 0 Å². The van der Waals surface area contributed by atoms with Crippen molar-refractivity contribution >= 4 is 22.9 Å². The number of anilines is 1. The van der Waals surface area contributed by atoms with Crippen LogP contribution in [0.4, 0.5) is 5.69 Å². The zero-order valence-corrected chi connectivity index (χ0v) is 12.4. The largest absolute Gasteiger partial charge is 0.497 e. The molecule has 3 nitrogen and oxygen atoms in total. The standard InChI is InChI=1S/C14H22N2OS/c1-14(2,3)7-8-16-12-9-10(17-4)5-6-11(12)13(15)18/h5-6,9,16H,7-8H2,1-4H3,(H2,15,18). The highest BCUT2D eigenvalue weighted by Gasteiger charge is 2.11. The Morgan fingerprint density at radius 1 is 1.39 bits per heavy atom. The first kappa shape index (κ1) is 14.8. The summed E-state index contributed by atoms with van der Waals surface area (Å²) in [6.07, 6.45) is 1.07. The fourth-order valence-electron chi connectivity index (χ4n) is 1.58. The van der Waals surface area contributed by atoms with Gasteiger partial charge in [0.05, 0.1) is 7.11 Å². The van der Waals surface area contributed by atoms with Gasteiger partial charge < -0.3 is 15.8 Å². The molecule has 0 atom stereocenters. The van der Waals surface area contributed by atoms with Crippen LogP contribution in [0.1, 0.15) is 32.8 Å². The van der Waals surface area contributed by atoms with Crippen molar-refractivity contribution in [1.82, 2.24) is 0 Å². The van der Waals surface area contributed by atoms with Crippen molar-refractivity contribution in [3.63, 3.8) is 0 Å². The SMILES string of the molecule is COc1ccc(C(N)=S)c(NCCC(C)(C)C)c1. The van der Waals surface area contributed by atoms with E-state index in [2.05, 4.69) is 26.1 Å². The first-order valence-corrected chi connectivity index (χ1v) is 6.46. The number of hydrogen-bond acceptors (Lipinski definition) is 3. The molecule has 1 aromatic rings. The van der Waals surface area contributed by atoms with Gasteiger partial charge in [0.2, 0.25) is 0 Å². The fourth-order valence-corrected chi connectivity index (χ4v) is 1.76. The van der Waals surface area contributed by atoms with Crippen molar-refractivity contribution in [2.75, 3.05) is 19.0 Å². The van der Waals surface area contributed by atoms with Gasteiger partial charge >= 0.3 is 0 Å². The summed E-state index contributed by atoms with van der Waals surface area (Å²) in [6, 6.07) is 5.68.